The topological polar surface area (TPSA) is 55.8 Å². The summed E-state index contributed by atoms with van der Waals surface area (Å²) in [6, 6.07) is 28.9. The van der Waals surface area contributed by atoms with Gasteiger partial charge in [0.05, 0.1) is 29.7 Å². The molecular weight excluding hydrogens is 495 g/mol. The van der Waals surface area contributed by atoms with E-state index in [0.717, 1.165) is 11.1 Å². The lowest BCUT2D eigenvalue weighted by Crippen LogP contribution is -2.40. The standard InChI is InChI=1S/C30H37NO4Si2/c1-36(2,3)34-27(22-16-10-7-11-17-22)25-26(28(35-37(4,5)6)23-18-12-8-13-19-23)30(33)31(29(25)32)24-20-14-9-15-21-24/h7-21,25-28H,1-6H3. The molecule has 0 spiro atoms. The number of hydrogen-bond acceptors (Lipinski definition) is 4. The number of nitrogens with zero attached hydrogens (tertiary/aromatic N) is 1. The summed E-state index contributed by atoms with van der Waals surface area (Å²) in [7, 11) is -4.26. The fourth-order valence-corrected chi connectivity index (χ4v) is 7.01. The number of rotatable bonds is 9. The van der Waals surface area contributed by atoms with Gasteiger partial charge in [-0.2, -0.15) is 0 Å². The molecule has 3 aromatic carbocycles. The minimum Gasteiger partial charge on any atom is -0.410 e. The van der Waals surface area contributed by atoms with E-state index in [1.807, 2.05) is 91.0 Å². The number of carbonyl (C=O) groups excluding carboxylic acids is 2. The van der Waals surface area contributed by atoms with Crippen LogP contribution in [-0.4, -0.2) is 28.4 Å². The highest BCUT2D eigenvalue weighted by molar-refractivity contribution is 6.70. The van der Waals surface area contributed by atoms with Crippen molar-refractivity contribution in [2.24, 2.45) is 11.8 Å². The van der Waals surface area contributed by atoms with Crippen LogP contribution >= 0.6 is 0 Å². The van der Waals surface area contributed by atoms with Crippen LogP contribution in [0.15, 0.2) is 91.0 Å². The molecule has 0 N–H and O–H groups in total. The highest BCUT2D eigenvalue weighted by Crippen LogP contribution is 2.48. The molecule has 1 aliphatic rings. The van der Waals surface area contributed by atoms with Gasteiger partial charge in [0.15, 0.2) is 16.6 Å². The van der Waals surface area contributed by atoms with Gasteiger partial charge in [-0.25, -0.2) is 4.90 Å². The van der Waals surface area contributed by atoms with Crippen molar-refractivity contribution < 1.29 is 18.4 Å². The van der Waals surface area contributed by atoms with Gasteiger partial charge < -0.3 is 8.85 Å². The van der Waals surface area contributed by atoms with Crippen molar-refractivity contribution in [3.63, 3.8) is 0 Å². The van der Waals surface area contributed by atoms with E-state index in [0.29, 0.717) is 5.69 Å². The fourth-order valence-electron chi connectivity index (χ4n) is 4.93. The summed E-state index contributed by atoms with van der Waals surface area (Å²) in [4.78, 5) is 30.0. The average Bonchev–Trinajstić information content (AvgIpc) is 3.11. The third-order valence-corrected chi connectivity index (χ3v) is 8.20. The van der Waals surface area contributed by atoms with Crippen LogP contribution in [0, 0.1) is 11.8 Å². The quantitative estimate of drug-likeness (QED) is 0.221. The lowest BCUT2D eigenvalue weighted by Gasteiger charge is -2.36. The van der Waals surface area contributed by atoms with Crippen molar-refractivity contribution in [2.75, 3.05) is 4.90 Å². The molecule has 4 atom stereocenters. The molecule has 1 fully saturated rings. The number of carbonyl (C=O) groups is 2. The van der Waals surface area contributed by atoms with Gasteiger partial charge in [-0.05, 0) is 62.5 Å². The van der Waals surface area contributed by atoms with E-state index in [-0.39, 0.29) is 11.8 Å². The van der Waals surface area contributed by atoms with Gasteiger partial charge in [0.2, 0.25) is 11.8 Å². The highest BCUT2D eigenvalue weighted by Gasteiger charge is 2.56. The van der Waals surface area contributed by atoms with Crippen molar-refractivity contribution in [1.29, 1.82) is 0 Å². The van der Waals surface area contributed by atoms with Crippen molar-refractivity contribution >= 4 is 34.1 Å². The highest BCUT2D eigenvalue weighted by atomic mass is 28.4. The predicted molar refractivity (Wildman–Crippen MR) is 153 cm³/mol. The SMILES string of the molecule is C[Si](C)(C)OC(c1ccccc1)C1C(=O)N(c2ccccc2)C(=O)C1C(O[Si](C)(C)C)c1ccccc1. The zero-order chi connectivity index (χ0) is 26.8. The lowest BCUT2D eigenvalue weighted by molar-refractivity contribution is -0.127. The molecule has 0 aromatic heterocycles. The molecule has 4 unspecified atom stereocenters. The molecule has 7 heteroatoms. The number of hydrogen-bond donors (Lipinski definition) is 0. The Labute approximate surface area is 222 Å². The summed E-state index contributed by atoms with van der Waals surface area (Å²) in [5, 5.41) is 0. The molecule has 0 bridgehead atoms. The van der Waals surface area contributed by atoms with Crippen LogP contribution in [0.2, 0.25) is 39.3 Å². The van der Waals surface area contributed by atoms with Crippen molar-refractivity contribution in [3.8, 4) is 0 Å². The third kappa shape index (κ3) is 6.36. The van der Waals surface area contributed by atoms with Gasteiger partial charge in [-0.1, -0.05) is 78.9 Å². The monoisotopic (exact) mass is 531 g/mol. The van der Waals surface area contributed by atoms with E-state index in [1.165, 1.54) is 4.90 Å². The second kappa shape index (κ2) is 10.9. The van der Waals surface area contributed by atoms with Crippen LogP contribution in [0.1, 0.15) is 23.3 Å². The Morgan fingerprint density at radius 3 is 1.22 bits per heavy atom. The molecule has 5 nitrogen and oxygen atoms in total. The Morgan fingerprint density at radius 2 is 0.892 bits per heavy atom. The first kappa shape index (κ1) is 27.2. The molecule has 0 aliphatic carbocycles. The zero-order valence-electron chi connectivity index (χ0n) is 22.5. The summed E-state index contributed by atoms with van der Waals surface area (Å²) in [5.41, 5.74) is 2.37. The number of para-hydroxylation sites is 1. The molecule has 4 rings (SSSR count). The van der Waals surface area contributed by atoms with Crippen LogP contribution in [-0.2, 0) is 18.4 Å². The Kier molecular flexibility index (Phi) is 7.99. The molecule has 1 saturated heterocycles. The number of benzene rings is 3. The second-order valence-electron chi connectivity index (χ2n) is 11.5. The van der Waals surface area contributed by atoms with Crippen molar-refractivity contribution in [1.82, 2.24) is 0 Å². The summed E-state index contributed by atoms with van der Waals surface area (Å²) in [6.07, 6.45) is -1.14. The molecule has 3 aromatic rings. The largest absolute Gasteiger partial charge is 0.410 e. The average molecular weight is 532 g/mol. The third-order valence-electron chi connectivity index (χ3n) is 6.28. The van der Waals surface area contributed by atoms with Gasteiger partial charge in [-0.3, -0.25) is 9.59 Å². The smallest absolute Gasteiger partial charge is 0.240 e. The minimum absolute atomic E-state index is 0.242. The Balaban J connectivity index is 1.92. The molecule has 1 aliphatic heterocycles. The molecular formula is C30H37NO4Si2. The summed E-state index contributed by atoms with van der Waals surface area (Å²) >= 11 is 0. The van der Waals surface area contributed by atoms with Gasteiger partial charge in [0.25, 0.3) is 0 Å². The first-order valence-corrected chi connectivity index (χ1v) is 19.7. The van der Waals surface area contributed by atoms with Crippen LogP contribution in [0.25, 0.3) is 0 Å². The van der Waals surface area contributed by atoms with Gasteiger partial charge in [0, 0.05) is 0 Å². The van der Waals surface area contributed by atoms with Crippen molar-refractivity contribution in [3.05, 3.63) is 102 Å². The van der Waals surface area contributed by atoms with Gasteiger partial charge >= 0.3 is 0 Å². The minimum atomic E-state index is -2.13. The van der Waals surface area contributed by atoms with Crippen LogP contribution in [0.3, 0.4) is 0 Å². The maximum absolute atomic E-state index is 14.3. The molecule has 0 radical (unpaired) electrons. The van der Waals surface area contributed by atoms with E-state index in [4.69, 9.17) is 8.85 Å². The van der Waals surface area contributed by atoms with E-state index >= 15 is 0 Å². The molecule has 37 heavy (non-hydrogen) atoms. The van der Waals surface area contributed by atoms with Crippen LogP contribution in [0.5, 0.6) is 0 Å². The first-order valence-electron chi connectivity index (χ1n) is 12.8. The molecule has 194 valence electrons. The van der Waals surface area contributed by atoms with Crippen molar-refractivity contribution in [2.45, 2.75) is 51.5 Å². The number of imide groups is 1. The second-order valence-corrected chi connectivity index (χ2v) is 20.4. The Morgan fingerprint density at radius 1 is 0.568 bits per heavy atom. The normalized spacial score (nSPS) is 20.2. The van der Waals surface area contributed by atoms with E-state index in [2.05, 4.69) is 39.3 Å². The molecule has 1 heterocycles. The zero-order valence-corrected chi connectivity index (χ0v) is 24.5. The first-order chi connectivity index (χ1) is 17.5. The summed E-state index contributed by atoms with van der Waals surface area (Å²) in [5.74, 6) is -1.95. The molecule has 0 saturated carbocycles. The van der Waals surface area contributed by atoms with E-state index < -0.39 is 40.7 Å². The van der Waals surface area contributed by atoms with E-state index in [9.17, 15) is 9.59 Å². The van der Waals surface area contributed by atoms with Gasteiger partial charge in [-0.15, -0.1) is 0 Å². The maximum atomic E-state index is 14.3. The molecule has 2 amide bonds. The Bertz CT molecular complexity index is 1130. The van der Waals surface area contributed by atoms with Gasteiger partial charge in [0.1, 0.15) is 0 Å². The maximum Gasteiger partial charge on any atom is 0.240 e. The number of amides is 2. The van der Waals surface area contributed by atoms with Crippen LogP contribution in [0.4, 0.5) is 5.69 Å². The van der Waals surface area contributed by atoms with E-state index in [1.54, 1.807) is 0 Å². The number of anilines is 1. The Hall–Kier alpha value is -2.85. The van der Waals surface area contributed by atoms with Crippen LogP contribution < -0.4 is 4.90 Å². The predicted octanol–water partition coefficient (Wildman–Crippen LogP) is 6.98. The fraction of sp³-hybridized carbons (Fsp3) is 0.333. The summed E-state index contributed by atoms with van der Waals surface area (Å²) < 4.78 is 13.5. The lowest BCUT2D eigenvalue weighted by atomic mass is 9.81. The summed E-state index contributed by atoms with van der Waals surface area (Å²) in [6.45, 7) is 12.7.